The molecule has 1 aromatic carbocycles. The molecule has 0 radical (unpaired) electrons. The van der Waals surface area contributed by atoms with Crippen LogP contribution in [0.5, 0.6) is 5.75 Å². The molecule has 17 heavy (non-hydrogen) atoms. The van der Waals surface area contributed by atoms with Gasteiger partial charge in [0.05, 0.1) is 7.11 Å². The molecule has 0 saturated heterocycles. The lowest BCUT2D eigenvalue weighted by Crippen LogP contribution is -2.29. The molecule has 2 N–H and O–H groups in total. The van der Waals surface area contributed by atoms with Crippen LogP contribution in [-0.4, -0.2) is 25.6 Å². The number of methoxy groups -OCH3 is 1. The van der Waals surface area contributed by atoms with Crippen LogP contribution in [0.3, 0.4) is 0 Å². The standard InChI is InChI=1S/C14H22N2O/c1-16(9-11-4-3-5-11)10-12-6-7-13(15)8-14(12)17-2/h6-8,11H,3-5,9-10,15H2,1-2H3. The highest BCUT2D eigenvalue weighted by atomic mass is 16.5. The van der Waals surface area contributed by atoms with Crippen molar-refractivity contribution in [1.29, 1.82) is 0 Å². The van der Waals surface area contributed by atoms with Crippen molar-refractivity contribution in [2.75, 3.05) is 26.4 Å². The Hall–Kier alpha value is -1.22. The van der Waals surface area contributed by atoms with Crippen LogP contribution >= 0.6 is 0 Å². The second-order valence-corrected chi connectivity index (χ2v) is 5.06. The molecule has 94 valence electrons. The predicted octanol–water partition coefficient (Wildman–Crippen LogP) is 2.51. The van der Waals surface area contributed by atoms with Crippen molar-refractivity contribution in [1.82, 2.24) is 4.90 Å². The molecule has 2 rings (SSSR count). The molecule has 1 aromatic rings. The molecule has 3 heteroatoms. The summed E-state index contributed by atoms with van der Waals surface area (Å²) in [7, 11) is 3.87. The van der Waals surface area contributed by atoms with Crippen LogP contribution in [0.1, 0.15) is 24.8 Å². The summed E-state index contributed by atoms with van der Waals surface area (Å²) in [5.74, 6) is 1.80. The fourth-order valence-corrected chi connectivity index (χ4v) is 2.36. The monoisotopic (exact) mass is 234 g/mol. The zero-order chi connectivity index (χ0) is 12.3. The zero-order valence-corrected chi connectivity index (χ0v) is 10.8. The summed E-state index contributed by atoms with van der Waals surface area (Å²) < 4.78 is 5.37. The van der Waals surface area contributed by atoms with Gasteiger partial charge in [0.25, 0.3) is 0 Å². The normalized spacial score (nSPS) is 15.9. The highest BCUT2D eigenvalue weighted by Gasteiger charge is 2.19. The third-order valence-corrected chi connectivity index (χ3v) is 3.55. The van der Waals surface area contributed by atoms with Gasteiger partial charge in [-0.3, -0.25) is 0 Å². The molecule has 0 heterocycles. The second kappa shape index (κ2) is 5.41. The number of benzene rings is 1. The minimum Gasteiger partial charge on any atom is -0.496 e. The molecule has 1 fully saturated rings. The van der Waals surface area contributed by atoms with E-state index in [4.69, 9.17) is 10.5 Å². The van der Waals surface area contributed by atoms with Gasteiger partial charge in [-0.25, -0.2) is 0 Å². The van der Waals surface area contributed by atoms with Gasteiger partial charge in [0.2, 0.25) is 0 Å². The first-order valence-corrected chi connectivity index (χ1v) is 6.30. The molecule has 0 aliphatic heterocycles. The number of hydrogen-bond acceptors (Lipinski definition) is 3. The lowest BCUT2D eigenvalue weighted by molar-refractivity contribution is 0.199. The van der Waals surface area contributed by atoms with E-state index in [0.717, 1.165) is 23.9 Å². The van der Waals surface area contributed by atoms with E-state index in [0.29, 0.717) is 0 Å². The molecule has 0 amide bonds. The Kier molecular flexibility index (Phi) is 3.89. The summed E-state index contributed by atoms with van der Waals surface area (Å²) in [6.07, 6.45) is 4.19. The highest BCUT2D eigenvalue weighted by molar-refractivity contribution is 5.48. The molecule has 0 spiro atoms. The molecule has 1 aliphatic rings. The minimum atomic E-state index is 0.757. The Morgan fingerprint density at radius 3 is 2.76 bits per heavy atom. The van der Waals surface area contributed by atoms with Gasteiger partial charge in [0.1, 0.15) is 5.75 Å². The lowest BCUT2D eigenvalue weighted by Gasteiger charge is -2.30. The van der Waals surface area contributed by atoms with Crippen molar-refractivity contribution in [3.05, 3.63) is 23.8 Å². The highest BCUT2D eigenvalue weighted by Crippen LogP contribution is 2.28. The van der Waals surface area contributed by atoms with E-state index < -0.39 is 0 Å². The van der Waals surface area contributed by atoms with E-state index in [1.54, 1.807) is 7.11 Å². The van der Waals surface area contributed by atoms with Gasteiger partial charge < -0.3 is 15.4 Å². The van der Waals surface area contributed by atoms with Gasteiger partial charge >= 0.3 is 0 Å². The second-order valence-electron chi connectivity index (χ2n) is 5.06. The van der Waals surface area contributed by atoms with Gasteiger partial charge in [-0.1, -0.05) is 12.5 Å². The first kappa shape index (κ1) is 12.2. The predicted molar refractivity (Wildman–Crippen MR) is 71.1 cm³/mol. The number of nitrogens with zero attached hydrogens (tertiary/aromatic N) is 1. The first-order valence-electron chi connectivity index (χ1n) is 6.30. The van der Waals surface area contributed by atoms with Gasteiger partial charge in [0.15, 0.2) is 0 Å². The van der Waals surface area contributed by atoms with Crippen LogP contribution in [0.2, 0.25) is 0 Å². The minimum absolute atomic E-state index is 0.757. The average molecular weight is 234 g/mol. The zero-order valence-electron chi connectivity index (χ0n) is 10.8. The third kappa shape index (κ3) is 3.13. The molecule has 1 aliphatic carbocycles. The van der Waals surface area contributed by atoms with Crippen LogP contribution in [-0.2, 0) is 6.54 Å². The van der Waals surface area contributed by atoms with Crippen LogP contribution in [0, 0.1) is 5.92 Å². The van der Waals surface area contributed by atoms with E-state index in [1.165, 1.54) is 31.4 Å². The molecule has 0 bridgehead atoms. The van der Waals surface area contributed by atoms with Gasteiger partial charge in [0, 0.05) is 30.4 Å². The topological polar surface area (TPSA) is 38.5 Å². The van der Waals surface area contributed by atoms with Crippen molar-refractivity contribution in [3.63, 3.8) is 0 Å². The fourth-order valence-electron chi connectivity index (χ4n) is 2.36. The Morgan fingerprint density at radius 2 is 2.18 bits per heavy atom. The lowest BCUT2D eigenvalue weighted by atomic mass is 9.85. The van der Waals surface area contributed by atoms with Gasteiger partial charge in [-0.15, -0.1) is 0 Å². The van der Waals surface area contributed by atoms with Gasteiger partial charge in [-0.2, -0.15) is 0 Å². The molecular weight excluding hydrogens is 212 g/mol. The van der Waals surface area contributed by atoms with Crippen molar-refractivity contribution in [2.45, 2.75) is 25.8 Å². The molecular formula is C14H22N2O. The summed E-state index contributed by atoms with van der Waals surface area (Å²) in [5.41, 5.74) is 7.72. The van der Waals surface area contributed by atoms with Crippen molar-refractivity contribution >= 4 is 5.69 Å². The van der Waals surface area contributed by atoms with Crippen molar-refractivity contribution in [2.24, 2.45) is 5.92 Å². The molecule has 3 nitrogen and oxygen atoms in total. The Balaban J connectivity index is 1.96. The maximum Gasteiger partial charge on any atom is 0.125 e. The largest absolute Gasteiger partial charge is 0.496 e. The van der Waals surface area contributed by atoms with E-state index >= 15 is 0 Å². The average Bonchev–Trinajstić information content (AvgIpc) is 2.26. The number of ether oxygens (including phenoxy) is 1. The number of hydrogen-bond donors (Lipinski definition) is 1. The maximum atomic E-state index is 5.75. The number of rotatable bonds is 5. The number of nitrogen functional groups attached to an aromatic ring is 1. The third-order valence-electron chi connectivity index (χ3n) is 3.55. The van der Waals surface area contributed by atoms with E-state index in [1.807, 2.05) is 12.1 Å². The van der Waals surface area contributed by atoms with Gasteiger partial charge in [-0.05, 0) is 31.9 Å². The first-order chi connectivity index (χ1) is 8.19. The Morgan fingerprint density at radius 1 is 1.41 bits per heavy atom. The van der Waals surface area contributed by atoms with Crippen LogP contribution in [0.4, 0.5) is 5.69 Å². The molecule has 0 atom stereocenters. The SMILES string of the molecule is COc1cc(N)ccc1CN(C)CC1CCC1. The van der Waals surface area contributed by atoms with Crippen LogP contribution < -0.4 is 10.5 Å². The summed E-state index contributed by atoms with van der Waals surface area (Å²) in [6.45, 7) is 2.12. The van der Waals surface area contributed by atoms with Crippen LogP contribution in [0.25, 0.3) is 0 Å². The van der Waals surface area contributed by atoms with E-state index in [-0.39, 0.29) is 0 Å². The maximum absolute atomic E-state index is 5.75. The number of nitrogens with two attached hydrogens (primary N) is 1. The fraction of sp³-hybridized carbons (Fsp3) is 0.571. The number of anilines is 1. The summed E-state index contributed by atoms with van der Waals surface area (Å²) in [4.78, 5) is 2.37. The quantitative estimate of drug-likeness (QED) is 0.796. The smallest absolute Gasteiger partial charge is 0.125 e. The Bertz CT molecular complexity index is 374. The molecule has 0 aromatic heterocycles. The van der Waals surface area contributed by atoms with Crippen molar-refractivity contribution < 1.29 is 4.74 Å². The Labute approximate surface area is 104 Å². The van der Waals surface area contributed by atoms with Crippen molar-refractivity contribution in [3.8, 4) is 5.75 Å². The summed E-state index contributed by atoms with van der Waals surface area (Å²) in [5, 5.41) is 0. The van der Waals surface area contributed by atoms with Crippen LogP contribution in [0.15, 0.2) is 18.2 Å². The summed E-state index contributed by atoms with van der Waals surface area (Å²) in [6, 6.07) is 5.90. The summed E-state index contributed by atoms with van der Waals surface area (Å²) >= 11 is 0. The molecule has 1 saturated carbocycles. The van der Waals surface area contributed by atoms with E-state index in [9.17, 15) is 0 Å². The van der Waals surface area contributed by atoms with E-state index in [2.05, 4.69) is 18.0 Å². The molecule has 0 unspecified atom stereocenters.